The van der Waals surface area contributed by atoms with Crippen molar-refractivity contribution in [1.82, 2.24) is 9.62 Å². The Kier molecular flexibility index (Phi) is 6.60. The molecule has 0 aliphatic carbocycles. The van der Waals surface area contributed by atoms with Gasteiger partial charge in [-0.25, -0.2) is 12.7 Å². The molecule has 1 aliphatic heterocycles. The fraction of sp³-hybridized carbons (Fsp3) is 1.00. The summed E-state index contributed by atoms with van der Waals surface area (Å²) in [5.74, 6) is 0.948. The number of piperidine rings is 1. The van der Waals surface area contributed by atoms with E-state index in [1.165, 1.54) is 0 Å². The minimum absolute atomic E-state index is 0.318. The highest BCUT2D eigenvalue weighted by molar-refractivity contribution is 7.89. The van der Waals surface area contributed by atoms with Gasteiger partial charge < -0.3 is 5.32 Å². The van der Waals surface area contributed by atoms with Gasteiger partial charge in [-0.2, -0.15) is 0 Å². The second kappa shape index (κ2) is 7.46. The molecule has 0 aromatic rings. The molecule has 0 aromatic heterocycles. The van der Waals surface area contributed by atoms with Gasteiger partial charge in [-0.3, -0.25) is 0 Å². The zero-order valence-electron chi connectivity index (χ0n) is 12.0. The van der Waals surface area contributed by atoms with Gasteiger partial charge in [0.15, 0.2) is 0 Å². The van der Waals surface area contributed by atoms with Crippen LogP contribution in [0.25, 0.3) is 0 Å². The summed E-state index contributed by atoms with van der Waals surface area (Å²) in [7, 11) is -2.99. The number of sulfonamides is 1. The molecule has 0 bridgehead atoms. The molecule has 1 heterocycles. The van der Waals surface area contributed by atoms with Gasteiger partial charge in [-0.15, -0.1) is 0 Å². The van der Waals surface area contributed by atoms with Gasteiger partial charge in [0.1, 0.15) is 0 Å². The summed E-state index contributed by atoms with van der Waals surface area (Å²) in [4.78, 5) is 0. The van der Waals surface area contributed by atoms with Crippen LogP contribution in [0, 0.1) is 5.92 Å². The van der Waals surface area contributed by atoms with E-state index >= 15 is 0 Å². The Balaban J connectivity index is 2.34. The third-order valence-corrected chi connectivity index (χ3v) is 5.49. The van der Waals surface area contributed by atoms with E-state index in [1.54, 1.807) is 4.31 Å². The molecule has 0 atom stereocenters. The predicted molar refractivity (Wildman–Crippen MR) is 76.1 cm³/mol. The zero-order valence-corrected chi connectivity index (χ0v) is 12.8. The van der Waals surface area contributed by atoms with Crippen LogP contribution in [-0.4, -0.2) is 44.2 Å². The van der Waals surface area contributed by atoms with Gasteiger partial charge in [-0.1, -0.05) is 27.2 Å². The first kappa shape index (κ1) is 15.9. The van der Waals surface area contributed by atoms with Crippen LogP contribution in [0.15, 0.2) is 0 Å². The van der Waals surface area contributed by atoms with E-state index < -0.39 is 10.0 Å². The van der Waals surface area contributed by atoms with Crippen molar-refractivity contribution < 1.29 is 8.42 Å². The molecule has 108 valence electrons. The topological polar surface area (TPSA) is 49.4 Å². The van der Waals surface area contributed by atoms with Crippen LogP contribution >= 0.6 is 0 Å². The molecule has 1 rings (SSSR count). The molecular formula is C13H28N2O2S. The third kappa shape index (κ3) is 5.24. The molecule has 18 heavy (non-hydrogen) atoms. The Bertz CT molecular complexity index is 320. The molecule has 0 amide bonds. The summed E-state index contributed by atoms with van der Waals surface area (Å²) >= 11 is 0. The van der Waals surface area contributed by atoms with Gasteiger partial charge in [0, 0.05) is 19.1 Å². The van der Waals surface area contributed by atoms with E-state index in [2.05, 4.69) is 19.2 Å². The maximum Gasteiger partial charge on any atom is 0.214 e. The van der Waals surface area contributed by atoms with Crippen molar-refractivity contribution in [3.05, 3.63) is 0 Å². The van der Waals surface area contributed by atoms with Gasteiger partial charge in [0.25, 0.3) is 0 Å². The van der Waals surface area contributed by atoms with Crippen LogP contribution in [0.3, 0.4) is 0 Å². The van der Waals surface area contributed by atoms with Crippen LogP contribution in [0.5, 0.6) is 0 Å². The summed E-state index contributed by atoms with van der Waals surface area (Å²) in [6, 6.07) is 0.510. The second-order valence-electron chi connectivity index (χ2n) is 5.57. The lowest BCUT2D eigenvalue weighted by Gasteiger charge is -2.31. The first-order valence-corrected chi connectivity index (χ1v) is 8.77. The molecule has 1 fully saturated rings. The summed E-state index contributed by atoms with van der Waals surface area (Å²) in [6.07, 6.45) is 3.70. The summed E-state index contributed by atoms with van der Waals surface area (Å²) < 4.78 is 25.7. The molecule has 1 aliphatic rings. The summed E-state index contributed by atoms with van der Waals surface area (Å²) in [5, 5.41) is 3.44. The fourth-order valence-corrected chi connectivity index (χ4v) is 3.93. The minimum atomic E-state index is -2.99. The zero-order chi connectivity index (χ0) is 13.6. The Morgan fingerprint density at radius 2 is 1.89 bits per heavy atom. The third-order valence-electron chi connectivity index (χ3n) is 3.54. The SMILES string of the molecule is CCCCS(=O)(=O)N1CCC(CNC(C)C)CC1. The van der Waals surface area contributed by atoms with Crippen molar-refractivity contribution in [2.24, 2.45) is 5.92 Å². The standard InChI is InChI=1S/C13H28N2O2S/c1-4-5-10-18(16,17)15-8-6-13(7-9-15)11-14-12(2)3/h12-14H,4-11H2,1-3H3. The quantitative estimate of drug-likeness (QED) is 0.772. The van der Waals surface area contributed by atoms with Crippen molar-refractivity contribution >= 4 is 10.0 Å². The average molecular weight is 276 g/mol. The molecule has 0 radical (unpaired) electrons. The maximum atomic E-state index is 12.0. The van der Waals surface area contributed by atoms with Crippen LogP contribution in [0.4, 0.5) is 0 Å². The smallest absolute Gasteiger partial charge is 0.214 e. The van der Waals surface area contributed by atoms with Gasteiger partial charge in [-0.05, 0) is 31.7 Å². The van der Waals surface area contributed by atoms with E-state index in [-0.39, 0.29) is 0 Å². The number of rotatable bonds is 7. The lowest BCUT2D eigenvalue weighted by Crippen LogP contribution is -2.42. The van der Waals surface area contributed by atoms with Crippen LogP contribution in [0.1, 0.15) is 46.5 Å². The maximum absolute atomic E-state index is 12.0. The predicted octanol–water partition coefficient (Wildman–Crippen LogP) is 1.83. The lowest BCUT2D eigenvalue weighted by atomic mass is 9.98. The molecule has 4 nitrogen and oxygen atoms in total. The fourth-order valence-electron chi connectivity index (χ4n) is 2.25. The summed E-state index contributed by atoms with van der Waals surface area (Å²) in [5.41, 5.74) is 0. The molecule has 1 saturated heterocycles. The number of unbranched alkanes of at least 4 members (excludes halogenated alkanes) is 1. The Morgan fingerprint density at radius 1 is 1.28 bits per heavy atom. The highest BCUT2D eigenvalue weighted by Gasteiger charge is 2.27. The van der Waals surface area contributed by atoms with Crippen molar-refractivity contribution in [1.29, 1.82) is 0 Å². The van der Waals surface area contributed by atoms with E-state index in [9.17, 15) is 8.42 Å². The molecular weight excluding hydrogens is 248 g/mol. The average Bonchev–Trinajstić information content (AvgIpc) is 2.34. The van der Waals surface area contributed by atoms with Gasteiger partial charge >= 0.3 is 0 Å². The normalized spacial score (nSPS) is 19.6. The number of hydrogen-bond donors (Lipinski definition) is 1. The number of hydrogen-bond acceptors (Lipinski definition) is 3. The first-order valence-electron chi connectivity index (χ1n) is 7.17. The molecule has 0 unspecified atom stereocenters. The van der Waals surface area contributed by atoms with Crippen molar-refractivity contribution in [3.8, 4) is 0 Å². The first-order chi connectivity index (χ1) is 8.45. The molecule has 0 spiro atoms. The monoisotopic (exact) mass is 276 g/mol. The van der Waals surface area contributed by atoms with Crippen molar-refractivity contribution in [2.45, 2.75) is 52.5 Å². The van der Waals surface area contributed by atoms with E-state index in [4.69, 9.17) is 0 Å². The molecule has 0 aromatic carbocycles. The minimum Gasteiger partial charge on any atom is -0.314 e. The Hall–Kier alpha value is -0.130. The van der Waals surface area contributed by atoms with Crippen LogP contribution in [-0.2, 0) is 10.0 Å². The summed E-state index contributed by atoms with van der Waals surface area (Å²) in [6.45, 7) is 8.74. The molecule has 0 saturated carbocycles. The Labute approximate surface area is 112 Å². The lowest BCUT2D eigenvalue weighted by molar-refractivity contribution is 0.263. The second-order valence-corrected chi connectivity index (χ2v) is 7.66. The van der Waals surface area contributed by atoms with Gasteiger partial charge in [0.2, 0.25) is 10.0 Å². The van der Waals surface area contributed by atoms with Crippen molar-refractivity contribution in [2.75, 3.05) is 25.4 Å². The number of nitrogens with zero attached hydrogens (tertiary/aromatic N) is 1. The molecule has 1 N–H and O–H groups in total. The van der Waals surface area contributed by atoms with E-state index in [0.717, 1.165) is 32.2 Å². The van der Waals surface area contributed by atoms with Crippen LogP contribution < -0.4 is 5.32 Å². The van der Waals surface area contributed by atoms with E-state index in [1.807, 2.05) is 6.92 Å². The number of nitrogens with one attached hydrogen (secondary N) is 1. The highest BCUT2D eigenvalue weighted by atomic mass is 32.2. The molecule has 5 heteroatoms. The van der Waals surface area contributed by atoms with Crippen molar-refractivity contribution in [3.63, 3.8) is 0 Å². The largest absolute Gasteiger partial charge is 0.314 e. The Morgan fingerprint density at radius 3 is 2.39 bits per heavy atom. The van der Waals surface area contributed by atoms with E-state index in [0.29, 0.717) is 30.8 Å². The van der Waals surface area contributed by atoms with Gasteiger partial charge in [0.05, 0.1) is 5.75 Å². The highest BCUT2D eigenvalue weighted by Crippen LogP contribution is 2.19. The van der Waals surface area contributed by atoms with Crippen LogP contribution in [0.2, 0.25) is 0 Å².